The van der Waals surface area contributed by atoms with Gasteiger partial charge in [-0.3, -0.25) is 4.79 Å². The van der Waals surface area contributed by atoms with Crippen LogP contribution in [-0.4, -0.2) is 21.9 Å². The number of furan rings is 1. The summed E-state index contributed by atoms with van der Waals surface area (Å²) in [7, 11) is 1.91. The molecular weight excluding hydrogens is 276 g/mol. The van der Waals surface area contributed by atoms with E-state index in [1.165, 1.54) is 0 Å². The van der Waals surface area contributed by atoms with Gasteiger partial charge in [0.05, 0.1) is 12.8 Å². The number of rotatable bonds is 5. The number of hydrogen-bond donors (Lipinski definition) is 0. The number of carbonyl (C=O) groups excluding carboxylic acids is 1. The Hall–Kier alpha value is -2.75. The van der Waals surface area contributed by atoms with E-state index in [-0.39, 0.29) is 5.91 Å². The van der Waals surface area contributed by atoms with Crippen LogP contribution in [0.3, 0.4) is 0 Å². The summed E-state index contributed by atoms with van der Waals surface area (Å²) in [6.45, 7) is 4.64. The molecule has 1 amide bonds. The minimum Gasteiger partial charge on any atom is -0.467 e. The molecule has 0 fully saturated rings. The van der Waals surface area contributed by atoms with Crippen LogP contribution in [0, 0.1) is 0 Å². The van der Waals surface area contributed by atoms with Crippen LogP contribution in [0.15, 0.2) is 65.8 Å². The van der Waals surface area contributed by atoms with Crippen molar-refractivity contribution in [1.29, 1.82) is 0 Å². The zero-order valence-corrected chi connectivity index (χ0v) is 12.5. The average Bonchev–Trinajstić information content (AvgIpc) is 3.15. The second-order valence-electron chi connectivity index (χ2n) is 5.20. The number of amides is 1. The zero-order valence-electron chi connectivity index (χ0n) is 12.5. The maximum absolute atomic E-state index is 12.9. The van der Waals surface area contributed by atoms with Gasteiger partial charge in [-0.2, -0.15) is 0 Å². The van der Waals surface area contributed by atoms with E-state index in [0.29, 0.717) is 18.8 Å². The predicted molar refractivity (Wildman–Crippen MR) is 86.6 cm³/mol. The summed E-state index contributed by atoms with van der Waals surface area (Å²) in [4.78, 5) is 14.6. The van der Waals surface area contributed by atoms with Crippen LogP contribution in [0.4, 0.5) is 0 Å². The van der Waals surface area contributed by atoms with Gasteiger partial charge >= 0.3 is 0 Å². The van der Waals surface area contributed by atoms with Crippen LogP contribution in [0.5, 0.6) is 0 Å². The van der Waals surface area contributed by atoms with Crippen LogP contribution >= 0.6 is 0 Å². The van der Waals surface area contributed by atoms with Crippen molar-refractivity contribution in [2.45, 2.75) is 6.54 Å². The van der Waals surface area contributed by atoms with E-state index in [0.717, 1.165) is 16.7 Å². The highest BCUT2D eigenvalue weighted by molar-refractivity contribution is 5.98. The average molecular weight is 294 g/mol. The molecule has 0 aliphatic rings. The number of aryl methyl sites for hydroxylation is 1. The molecule has 3 aromatic rings. The number of para-hydroxylation sites is 1. The Morgan fingerprint density at radius 2 is 2.14 bits per heavy atom. The Kier molecular flexibility index (Phi) is 3.83. The van der Waals surface area contributed by atoms with E-state index < -0.39 is 0 Å². The summed E-state index contributed by atoms with van der Waals surface area (Å²) in [6, 6.07) is 13.6. The summed E-state index contributed by atoms with van der Waals surface area (Å²) in [5, 5.41) is 1.06. The molecule has 0 saturated heterocycles. The van der Waals surface area contributed by atoms with Gasteiger partial charge in [0.15, 0.2) is 0 Å². The van der Waals surface area contributed by atoms with Crippen molar-refractivity contribution in [2.24, 2.45) is 7.05 Å². The summed E-state index contributed by atoms with van der Waals surface area (Å²) >= 11 is 0. The summed E-state index contributed by atoms with van der Waals surface area (Å²) < 4.78 is 7.28. The lowest BCUT2D eigenvalue weighted by Gasteiger charge is -2.20. The first kappa shape index (κ1) is 14.2. The van der Waals surface area contributed by atoms with Crippen LogP contribution in [0.25, 0.3) is 10.9 Å². The van der Waals surface area contributed by atoms with Crippen LogP contribution < -0.4 is 0 Å². The number of benzene rings is 1. The molecule has 0 unspecified atom stereocenters. The fourth-order valence-electron chi connectivity index (χ4n) is 2.62. The summed E-state index contributed by atoms with van der Waals surface area (Å²) in [5.41, 5.74) is 1.71. The normalized spacial score (nSPS) is 10.8. The molecule has 4 heteroatoms. The maximum atomic E-state index is 12.9. The van der Waals surface area contributed by atoms with Crippen LogP contribution in [0.1, 0.15) is 16.2 Å². The molecule has 0 radical (unpaired) electrons. The molecule has 2 aromatic heterocycles. The third-order valence-electron chi connectivity index (χ3n) is 3.73. The first-order valence-electron chi connectivity index (χ1n) is 7.17. The quantitative estimate of drug-likeness (QED) is 0.674. The third-order valence-corrected chi connectivity index (χ3v) is 3.73. The highest BCUT2D eigenvalue weighted by Gasteiger charge is 2.20. The molecule has 112 valence electrons. The van der Waals surface area contributed by atoms with E-state index >= 15 is 0 Å². The van der Waals surface area contributed by atoms with Gasteiger partial charge in [0.25, 0.3) is 5.91 Å². The molecule has 0 aliphatic carbocycles. The molecule has 0 atom stereocenters. The molecule has 0 aliphatic heterocycles. The summed E-state index contributed by atoms with van der Waals surface area (Å²) in [5.74, 6) is 0.726. The smallest absolute Gasteiger partial charge is 0.271 e. The summed E-state index contributed by atoms with van der Waals surface area (Å²) in [6.07, 6.45) is 3.34. The number of nitrogens with zero attached hydrogens (tertiary/aromatic N) is 2. The van der Waals surface area contributed by atoms with Gasteiger partial charge in [0.2, 0.25) is 0 Å². The molecule has 0 spiro atoms. The number of fused-ring (bicyclic) bond motifs is 1. The van der Waals surface area contributed by atoms with E-state index in [1.807, 2.05) is 54.1 Å². The zero-order chi connectivity index (χ0) is 15.5. The van der Waals surface area contributed by atoms with Gasteiger partial charge in [-0.05, 0) is 24.3 Å². The van der Waals surface area contributed by atoms with Gasteiger partial charge in [0.1, 0.15) is 11.5 Å². The SMILES string of the molecule is C=CCN(Cc1ccco1)C(=O)c1cc2ccccc2n1C. The standard InChI is InChI=1S/C18H18N2O2/c1-3-10-20(13-15-8-6-11-22-15)18(21)17-12-14-7-4-5-9-16(14)19(17)2/h3-9,11-12H,1,10,13H2,2H3. The van der Waals surface area contributed by atoms with E-state index in [9.17, 15) is 4.79 Å². The Morgan fingerprint density at radius 1 is 1.32 bits per heavy atom. The highest BCUT2D eigenvalue weighted by Crippen LogP contribution is 2.20. The van der Waals surface area contributed by atoms with Crippen molar-refractivity contribution in [1.82, 2.24) is 9.47 Å². The Balaban J connectivity index is 1.94. The number of hydrogen-bond acceptors (Lipinski definition) is 2. The van der Waals surface area contributed by atoms with Gasteiger partial charge in [-0.25, -0.2) is 0 Å². The van der Waals surface area contributed by atoms with Crippen molar-refractivity contribution in [3.63, 3.8) is 0 Å². The molecule has 0 bridgehead atoms. The topological polar surface area (TPSA) is 38.4 Å². The second-order valence-corrected chi connectivity index (χ2v) is 5.20. The van der Waals surface area contributed by atoms with Gasteiger partial charge in [-0.15, -0.1) is 6.58 Å². The molecule has 4 nitrogen and oxygen atoms in total. The lowest BCUT2D eigenvalue weighted by Crippen LogP contribution is -2.31. The fourth-order valence-corrected chi connectivity index (χ4v) is 2.62. The monoisotopic (exact) mass is 294 g/mol. The first-order chi connectivity index (χ1) is 10.7. The number of carbonyl (C=O) groups is 1. The van der Waals surface area contributed by atoms with Crippen molar-refractivity contribution in [3.05, 3.63) is 72.8 Å². The minimum absolute atomic E-state index is 0.0324. The minimum atomic E-state index is -0.0324. The van der Waals surface area contributed by atoms with Gasteiger partial charge < -0.3 is 13.9 Å². The largest absolute Gasteiger partial charge is 0.467 e. The number of aromatic nitrogens is 1. The van der Waals surface area contributed by atoms with E-state index in [2.05, 4.69) is 6.58 Å². The lowest BCUT2D eigenvalue weighted by molar-refractivity contribution is 0.0743. The van der Waals surface area contributed by atoms with Crippen molar-refractivity contribution in [3.8, 4) is 0 Å². The lowest BCUT2D eigenvalue weighted by atomic mass is 10.2. The highest BCUT2D eigenvalue weighted by atomic mass is 16.3. The Bertz CT molecular complexity index is 800. The Morgan fingerprint density at radius 3 is 2.82 bits per heavy atom. The van der Waals surface area contributed by atoms with Crippen molar-refractivity contribution in [2.75, 3.05) is 6.54 Å². The maximum Gasteiger partial charge on any atom is 0.271 e. The molecule has 0 saturated carbocycles. The molecule has 1 aromatic carbocycles. The van der Waals surface area contributed by atoms with Crippen molar-refractivity contribution >= 4 is 16.8 Å². The van der Waals surface area contributed by atoms with Crippen LogP contribution in [-0.2, 0) is 13.6 Å². The first-order valence-corrected chi connectivity index (χ1v) is 7.17. The van der Waals surface area contributed by atoms with Crippen molar-refractivity contribution < 1.29 is 9.21 Å². The van der Waals surface area contributed by atoms with Crippen LogP contribution in [0.2, 0.25) is 0 Å². The predicted octanol–water partition coefficient (Wildman–Crippen LogP) is 3.60. The fraction of sp³-hybridized carbons (Fsp3) is 0.167. The van der Waals surface area contributed by atoms with Gasteiger partial charge in [0, 0.05) is 24.5 Å². The van der Waals surface area contributed by atoms with E-state index in [4.69, 9.17) is 4.42 Å². The molecule has 22 heavy (non-hydrogen) atoms. The Labute approximate surface area is 129 Å². The molecular formula is C18H18N2O2. The molecule has 0 N–H and O–H groups in total. The molecule has 3 rings (SSSR count). The van der Waals surface area contributed by atoms with E-state index in [1.54, 1.807) is 17.2 Å². The van der Waals surface area contributed by atoms with Gasteiger partial charge in [-0.1, -0.05) is 24.3 Å². The third kappa shape index (κ3) is 2.55. The molecule has 2 heterocycles. The second kappa shape index (κ2) is 5.93.